The summed E-state index contributed by atoms with van der Waals surface area (Å²) >= 11 is 5.11. The van der Waals surface area contributed by atoms with Crippen molar-refractivity contribution in [2.45, 2.75) is 24.6 Å². The first-order valence-electron chi connectivity index (χ1n) is 5.40. The molecule has 92 valence electrons. The first kappa shape index (κ1) is 12.7. The molecule has 0 saturated carbocycles. The van der Waals surface area contributed by atoms with Gasteiger partial charge in [0, 0.05) is 23.0 Å². The number of nitrogens with one attached hydrogen (secondary N) is 1. The van der Waals surface area contributed by atoms with Crippen LogP contribution in [0.4, 0.5) is 11.4 Å². The molecular weight excluding hydrogens is 304 g/mol. The normalized spacial score (nSPS) is 23.6. The molecule has 0 aromatic heterocycles. The van der Waals surface area contributed by atoms with Crippen molar-refractivity contribution in [3.63, 3.8) is 0 Å². The molecule has 1 aliphatic heterocycles. The van der Waals surface area contributed by atoms with Gasteiger partial charge >= 0.3 is 0 Å². The maximum Gasteiger partial charge on any atom is 0.285 e. The summed E-state index contributed by atoms with van der Waals surface area (Å²) in [6.07, 6.45) is 1.11. The van der Waals surface area contributed by atoms with Crippen molar-refractivity contribution in [1.82, 2.24) is 0 Å². The Balaban J connectivity index is 2.16. The number of hydrogen-bond donors (Lipinski definition) is 1. The van der Waals surface area contributed by atoms with Gasteiger partial charge in [0.05, 0.1) is 9.40 Å². The van der Waals surface area contributed by atoms with Gasteiger partial charge in [-0.05, 0) is 40.2 Å². The van der Waals surface area contributed by atoms with Gasteiger partial charge < -0.3 is 5.32 Å². The lowest BCUT2D eigenvalue weighted by Crippen LogP contribution is -2.24. The SMILES string of the molecule is CC1SCCC1Nc1ccc(Br)c([N+](=O)[O-])c1. The minimum atomic E-state index is -0.373. The van der Waals surface area contributed by atoms with Crippen LogP contribution in [0.2, 0.25) is 0 Å². The molecule has 1 heterocycles. The van der Waals surface area contributed by atoms with E-state index in [9.17, 15) is 10.1 Å². The van der Waals surface area contributed by atoms with Crippen LogP contribution in [-0.4, -0.2) is 22.0 Å². The summed E-state index contributed by atoms with van der Waals surface area (Å²) < 4.78 is 0.516. The molecule has 4 nitrogen and oxygen atoms in total. The van der Waals surface area contributed by atoms with Crippen LogP contribution in [0.5, 0.6) is 0 Å². The average Bonchev–Trinajstić information content (AvgIpc) is 2.67. The number of hydrogen-bond acceptors (Lipinski definition) is 4. The van der Waals surface area contributed by atoms with E-state index in [1.807, 2.05) is 17.8 Å². The van der Waals surface area contributed by atoms with Crippen LogP contribution >= 0.6 is 27.7 Å². The molecule has 1 aromatic rings. The quantitative estimate of drug-likeness (QED) is 0.683. The van der Waals surface area contributed by atoms with E-state index in [1.54, 1.807) is 12.1 Å². The van der Waals surface area contributed by atoms with Gasteiger partial charge in [-0.1, -0.05) is 6.92 Å². The molecule has 0 bridgehead atoms. The van der Waals surface area contributed by atoms with E-state index in [2.05, 4.69) is 28.2 Å². The van der Waals surface area contributed by atoms with Crippen molar-refractivity contribution in [2.75, 3.05) is 11.1 Å². The fourth-order valence-electron chi connectivity index (χ4n) is 1.88. The highest BCUT2D eigenvalue weighted by Crippen LogP contribution is 2.32. The fraction of sp³-hybridized carbons (Fsp3) is 0.455. The zero-order valence-electron chi connectivity index (χ0n) is 9.35. The van der Waals surface area contributed by atoms with E-state index in [4.69, 9.17) is 0 Å². The summed E-state index contributed by atoms with van der Waals surface area (Å²) in [5.41, 5.74) is 0.924. The molecule has 0 aliphatic carbocycles. The highest BCUT2D eigenvalue weighted by molar-refractivity contribution is 9.10. The Morgan fingerprint density at radius 3 is 2.94 bits per heavy atom. The van der Waals surface area contributed by atoms with Gasteiger partial charge in [-0.15, -0.1) is 0 Å². The van der Waals surface area contributed by atoms with E-state index in [0.29, 0.717) is 15.8 Å². The summed E-state index contributed by atoms with van der Waals surface area (Å²) in [6, 6.07) is 5.57. The van der Waals surface area contributed by atoms with Crippen LogP contribution in [0.3, 0.4) is 0 Å². The van der Waals surface area contributed by atoms with Gasteiger partial charge in [0.15, 0.2) is 0 Å². The number of nitrogens with zero attached hydrogens (tertiary/aromatic N) is 1. The maximum atomic E-state index is 10.8. The van der Waals surface area contributed by atoms with E-state index >= 15 is 0 Å². The largest absolute Gasteiger partial charge is 0.381 e. The number of nitro groups is 1. The molecular formula is C11H13BrN2O2S. The van der Waals surface area contributed by atoms with Gasteiger partial charge in [-0.25, -0.2) is 0 Å². The highest BCUT2D eigenvalue weighted by Gasteiger charge is 2.24. The van der Waals surface area contributed by atoms with Crippen molar-refractivity contribution >= 4 is 39.1 Å². The molecule has 1 aromatic carbocycles. The topological polar surface area (TPSA) is 55.2 Å². The molecule has 2 rings (SSSR count). The summed E-state index contributed by atoms with van der Waals surface area (Å²) in [5, 5.41) is 14.7. The second-order valence-corrected chi connectivity index (χ2v) is 6.38. The van der Waals surface area contributed by atoms with Crippen molar-refractivity contribution in [1.29, 1.82) is 0 Å². The Morgan fingerprint density at radius 1 is 1.59 bits per heavy atom. The van der Waals surface area contributed by atoms with Crippen LogP contribution in [0.15, 0.2) is 22.7 Å². The molecule has 0 spiro atoms. The zero-order valence-corrected chi connectivity index (χ0v) is 11.8. The minimum Gasteiger partial charge on any atom is -0.381 e. The van der Waals surface area contributed by atoms with Crippen LogP contribution in [0.25, 0.3) is 0 Å². The van der Waals surface area contributed by atoms with Crippen LogP contribution in [-0.2, 0) is 0 Å². The number of halogens is 1. The summed E-state index contributed by atoms with van der Waals surface area (Å²) in [7, 11) is 0. The van der Waals surface area contributed by atoms with E-state index in [1.165, 1.54) is 0 Å². The zero-order chi connectivity index (χ0) is 12.4. The predicted octanol–water partition coefficient (Wildman–Crippen LogP) is 3.66. The third-order valence-electron chi connectivity index (χ3n) is 2.87. The van der Waals surface area contributed by atoms with Crippen molar-refractivity contribution in [3.8, 4) is 0 Å². The van der Waals surface area contributed by atoms with Gasteiger partial charge in [0.25, 0.3) is 5.69 Å². The molecule has 2 atom stereocenters. The number of anilines is 1. The second-order valence-electron chi connectivity index (χ2n) is 4.04. The number of benzene rings is 1. The molecule has 0 radical (unpaired) electrons. The van der Waals surface area contributed by atoms with Gasteiger partial charge in [0.2, 0.25) is 0 Å². The Kier molecular flexibility index (Phi) is 3.93. The van der Waals surface area contributed by atoms with Crippen molar-refractivity contribution < 1.29 is 4.92 Å². The van der Waals surface area contributed by atoms with Gasteiger partial charge in [-0.3, -0.25) is 10.1 Å². The molecule has 2 unspecified atom stereocenters. The molecule has 1 fully saturated rings. The summed E-state index contributed by atoms with van der Waals surface area (Å²) in [5.74, 6) is 1.15. The molecule has 1 saturated heterocycles. The van der Waals surface area contributed by atoms with Crippen LogP contribution in [0, 0.1) is 10.1 Å². The Labute approximate surface area is 112 Å². The first-order valence-corrected chi connectivity index (χ1v) is 7.24. The van der Waals surface area contributed by atoms with E-state index < -0.39 is 0 Å². The standard InChI is InChI=1S/C11H13BrN2O2S/c1-7-10(4-5-17-7)13-8-2-3-9(12)11(6-8)14(15)16/h2-3,6-7,10,13H,4-5H2,1H3. The van der Waals surface area contributed by atoms with Crippen molar-refractivity contribution in [3.05, 3.63) is 32.8 Å². The monoisotopic (exact) mass is 316 g/mol. The Hall–Kier alpha value is -0.750. The molecule has 6 heteroatoms. The molecule has 1 N–H and O–H groups in total. The second kappa shape index (κ2) is 5.27. The Bertz CT molecular complexity index is 441. The smallest absolute Gasteiger partial charge is 0.285 e. The molecule has 1 aliphatic rings. The van der Waals surface area contributed by atoms with E-state index in [-0.39, 0.29) is 10.6 Å². The third-order valence-corrected chi connectivity index (χ3v) is 4.87. The highest BCUT2D eigenvalue weighted by atomic mass is 79.9. The summed E-state index contributed by atoms with van der Waals surface area (Å²) in [4.78, 5) is 10.4. The third kappa shape index (κ3) is 2.93. The Morgan fingerprint density at radius 2 is 2.35 bits per heavy atom. The van der Waals surface area contributed by atoms with Gasteiger partial charge in [0.1, 0.15) is 0 Å². The maximum absolute atomic E-state index is 10.8. The lowest BCUT2D eigenvalue weighted by atomic mass is 10.1. The van der Waals surface area contributed by atoms with Crippen LogP contribution in [0.1, 0.15) is 13.3 Å². The molecule has 0 amide bonds. The van der Waals surface area contributed by atoms with Crippen molar-refractivity contribution in [2.24, 2.45) is 0 Å². The lowest BCUT2D eigenvalue weighted by Gasteiger charge is -2.17. The first-order chi connectivity index (χ1) is 8.08. The fourth-order valence-corrected chi connectivity index (χ4v) is 3.47. The number of nitro benzene ring substituents is 1. The average molecular weight is 317 g/mol. The van der Waals surface area contributed by atoms with Crippen LogP contribution < -0.4 is 5.32 Å². The minimum absolute atomic E-state index is 0.105. The predicted molar refractivity (Wildman–Crippen MR) is 74.7 cm³/mol. The molecule has 17 heavy (non-hydrogen) atoms. The summed E-state index contributed by atoms with van der Waals surface area (Å²) in [6.45, 7) is 2.18. The van der Waals surface area contributed by atoms with Gasteiger partial charge in [-0.2, -0.15) is 11.8 Å². The number of rotatable bonds is 3. The lowest BCUT2D eigenvalue weighted by molar-refractivity contribution is -0.385. The number of thioether (sulfide) groups is 1. The van der Waals surface area contributed by atoms with E-state index in [0.717, 1.165) is 17.9 Å².